The number of carbonyl (C=O) groups is 2. The Bertz CT molecular complexity index is 394. The van der Waals surface area contributed by atoms with E-state index in [1.807, 2.05) is 0 Å². The Hall–Kier alpha value is -1.06. The van der Waals surface area contributed by atoms with Gasteiger partial charge in [0.2, 0.25) is 5.91 Å². The van der Waals surface area contributed by atoms with Crippen molar-refractivity contribution in [2.24, 2.45) is 11.8 Å². The van der Waals surface area contributed by atoms with Crippen LogP contribution >= 0.6 is 0 Å². The van der Waals surface area contributed by atoms with Crippen LogP contribution in [0.2, 0.25) is 0 Å². The lowest BCUT2D eigenvalue weighted by Crippen LogP contribution is -2.44. The second-order valence-electron chi connectivity index (χ2n) is 7.79. The van der Waals surface area contributed by atoms with Gasteiger partial charge in [-0.15, -0.1) is 0 Å². The minimum atomic E-state index is -0.399. The molecule has 24 heavy (non-hydrogen) atoms. The summed E-state index contributed by atoms with van der Waals surface area (Å²) in [6, 6.07) is -0.399. The van der Waals surface area contributed by atoms with Crippen LogP contribution in [0.3, 0.4) is 0 Å². The molecule has 0 saturated carbocycles. The highest BCUT2D eigenvalue weighted by Crippen LogP contribution is 2.30. The summed E-state index contributed by atoms with van der Waals surface area (Å²) in [5, 5.41) is 0. The molecule has 0 radical (unpaired) electrons. The van der Waals surface area contributed by atoms with Gasteiger partial charge < -0.3 is 4.74 Å². The average Bonchev–Trinajstić information content (AvgIpc) is 2.82. The van der Waals surface area contributed by atoms with Crippen LogP contribution in [0.4, 0.5) is 0 Å². The van der Waals surface area contributed by atoms with Crippen LogP contribution in [-0.2, 0) is 14.3 Å². The summed E-state index contributed by atoms with van der Waals surface area (Å²) in [6.07, 6.45) is 10.2. The summed E-state index contributed by atoms with van der Waals surface area (Å²) in [7, 11) is 0. The van der Waals surface area contributed by atoms with Crippen LogP contribution in [0.5, 0.6) is 0 Å². The molecule has 3 atom stereocenters. The van der Waals surface area contributed by atoms with Crippen LogP contribution in [0.25, 0.3) is 0 Å². The first kappa shape index (κ1) is 21.0. The lowest BCUT2D eigenvalue weighted by Gasteiger charge is -2.29. The first-order chi connectivity index (χ1) is 11.4. The molecule has 0 aromatic rings. The zero-order chi connectivity index (χ0) is 18.1. The summed E-state index contributed by atoms with van der Waals surface area (Å²) >= 11 is 0. The SMILES string of the molecule is CCCCCCCCCC(C)C1OC(=O)C(CC(C)C)N1C(C)=O. The number of cyclic esters (lactones) is 1. The number of ether oxygens (including phenoxy) is 1. The van der Waals surface area contributed by atoms with Gasteiger partial charge in [-0.05, 0) is 18.8 Å². The minimum Gasteiger partial charge on any atom is -0.440 e. The Balaban J connectivity index is 2.45. The Labute approximate surface area is 148 Å². The number of hydrogen-bond acceptors (Lipinski definition) is 3. The molecule has 0 spiro atoms. The standard InChI is InChI=1S/C20H37NO3/c1-6-7-8-9-10-11-12-13-16(4)19-21(17(5)22)18(14-15(2)3)20(23)24-19/h15-16,18-19H,6-14H2,1-5H3. The monoisotopic (exact) mass is 339 g/mol. The molecule has 0 N–H and O–H groups in total. The first-order valence-corrected chi connectivity index (χ1v) is 9.87. The van der Waals surface area contributed by atoms with Gasteiger partial charge in [0.25, 0.3) is 0 Å². The maximum Gasteiger partial charge on any atom is 0.330 e. The summed E-state index contributed by atoms with van der Waals surface area (Å²) in [4.78, 5) is 26.0. The van der Waals surface area contributed by atoms with Crippen LogP contribution in [0.15, 0.2) is 0 Å². The number of nitrogens with zero attached hydrogens (tertiary/aromatic N) is 1. The van der Waals surface area contributed by atoms with Crippen molar-refractivity contribution in [1.29, 1.82) is 0 Å². The van der Waals surface area contributed by atoms with Crippen molar-refractivity contribution >= 4 is 11.9 Å². The van der Waals surface area contributed by atoms with Gasteiger partial charge in [0.15, 0.2) is 6.23 Å². The summed E-state index contributed by atoms with van der Waals surface area (Å²) in [5.41, 5.74) is 0. The minimum absolute atomic E-state index is 0.0529. The van der Waals surface area contributed by atoms with Gasteiger partial charge >= 0.3 is 5.97 Å². The van der Waals surface area contributed by atoms with Crippen molar-refractivity contribution < 1.29 is 14.3 Å². The molecular formula is C20H37NO3. The molecule has 1 saturated heterocycles. The van der Waals surface area contributed by atoms with E-state index in [9.17, 15) is 9.59 Å². The fraction of sp³-hybridized carbons (Fsp3) is 0.900. The predicted molar refractivity (Wildman–Crippen MR) is 97.4 cm³/mol. The molecule has 1 heterocycles. The van der Waals surface area contributed by atoms with Crippen molar-refractivity contribution in [2.75, 3.05) is 0 Å². The van der Waals surface area contributed by atoms with Crippen LogP contribution in [-0.4, -0.2) is 29.0 Å². The number of esters is 1. The highest BCUT2D eigenvalue weighted by molar-refractivity contribution is 5.86. The number of amides is 1. The van der Waals surface area contributed by atoms with Gasteiger partial charge in [-0.25, -0.2) is 4.79 Å². The van der Waals surface area contributed by atoms with Crippen molar-refractivity contribution in [3.63, 3.8) is 0 Å². The topological polar surface area (TPSA) is 46.6 Å². The number of carbonyl (C=O) groups excluding carboxylic acids is 2. The molecule has 0 bridgehead atoms. The zero-order valence-corrected chi connectivity index (χ0v) is 16.3. The number of hydrogen-bond donors (Lipinski definition) is 0. The van der Waals surface area contributed by atoms with Crippen LogP contribution in [0.1, 0.15) is 92.4 Å². The van der Waals surface area contributed by atoms with E-state index < -0.39 is 6.04 Å². The van der Waals surface area contributed by atoms with Gasteiger partial charge in [0.1, 0.15) is 6.04 Å². The van der Waals surface area contributed by atoms with Crippen LogP contribution in [0, 0.1) is 11.8 Å². The van der Waals surface area contributed by atoms with E-state index >= 15 is 0 Å². The second-order valence-corrected chi connectivity index (χ2v) is 7.79. The molecule has 1 rings (SSSR count). The van der Waals surface area contributed by atoms with Gasteiger partial charge in [-0.3, -0.25) is 9.69 Å². The lowest BCUT2D eigenvalue weighted by molar-refractivity contribution is -0.146. The first-order valence-electron chi connectivity index (χ1n) is 9.87. The molecule has 1 fully saturated rings. The maximum absolute atomic E-state index is 12.2. The van der Waals surface area contributed by atoms with E-state index in [1.54, 1.807) is 11.8 Å². The molecule has 0 aromatic carbocycles. The predicted octanol–water partition coefficient (Wildman–Crippen LogP) is 4.91. The summed E-state index contributed by atoms with van der Waals surface area (Å²) in [5.74, 6) is 0.283. The van der Waals surface area contributed by atoms with E-state index in [-0.39, 0.29) is 24.0 Å². The quantitative estimate of drug-likeness (QED) is 0.397. The smallest absolute Gasteiger partial charge is 0.330 e. The van der Waals surface area contributed by atoms with Crippen molar-refractivity contribution in [1.82, 2.24) is 4.90 Å². The van der Waals surface area contributed by atoms with Crippen molar-refractivity contribution in [2.45, 2.75) is 105 Å². The van der Waals surface area contributed by atoms with Gasteiger partial charge in [-0.1, -0.05) is 72.6 Å². The molecule has 0 aromatic heterocycles. The molecular weight excluding hydrogens is 302 g/mol. The average molecular weight is 340 g/mol. The van der Waals surface area contributed by atoms with Crippen molar-refractivity contribution in [3.8, 4) is 0 Å². The fourth-order valence-corrected chi connectivity index (χ4v) is 3.56. The normalized spacial score (nSPS) is 22.1. The third-order valence-corrected chi connectivity index (χ3v) is 4.93. The fourth-order valence-electron chi connectivity index (χ4n) is 3.56. The highest BCUT2D eigenvalue weighted by atomic mass is 16.6. The largest absolute Gasteiger partial charge is 0.440 e. The highest BCUT2D eigenvalue weighted by Gasteiger charge is 2.45. The van der Waals surface area contributed by atoms with Crippen LogP contribution < -0.4 is 0 Å². The second kappa shape index (κ2) is 10.7. The lowest BCUT2D eigenvalue weighted by atomic mass is 9.98. The molecule has 1 aliphatic rings. The summed E-state index contributed by atoms with van der Waals surface area (Å²) < 4.78 is 5.59. The molecule has 3 unspecified atom stereocenters. The third kappa shape index (κ3) is 6.45. The molecule has 1 amide bonds. The van der Waals surface area contributed by atoms with E-state index in [0.717, 1.165) is 12.8 Å². The number of unbranched alkanes of at least 4 members (excludes halogenated alkanes) is 6. The Morgan fingerprint density at radius 3 is 2.21 bits per heavy atom. The molecule has 0 aliphatic carbocycles. The Morgan fingerprint density at radius 1 is 1.08 bits per heavy atom. The molecule has 4 nitrogen and oxygen atoms in total. The third-order valence-electron chi connectivity index (χ3n) is 4.93. The Kier molecular flexibility index (Phi) is 9.38. The zero-order valence-electron chi connectivity index (χ0n) is 16.3. The van der Waals surface area contributed by atoms with Gasteiger partial charge in [0.05, 0.1) is 0 Å². The van der Waals surface area contributed by atoms with Crippen molar-refractivity contribution in [3.05, 3.63) is 0 Å². The van der Waals surface area contributed by atoms with E-state index in [0.29, 0.717) is 12.3 Å². The molecule has 1 aliphatic heterocycles. The van der Waals surface area contributed by atoms with E-state index in [1.165, 1.54) is 38.5 Å². The Morgan fingerprint density at radius 2 is 1.67 bits per heavy atom. The maximum atomic E-state index is 12.2. The van der Waals surface area contributed by atoms with E-state index in [4.69, 9.17) is 4.74 Å². The van der Waals surface area contributed by atoms with E-state index in [2.05, 4.69) is 27.7 Å². The van der Waals surface area contributed by atoms with Gasteiger partial charge in [-0.2, -0.15) is 0 Å². The number of rotatable bonds is 11. The van der Waals surface area contributed by atoms with Gasteiger partial charge in [0, 0.05) is 12.8 Å². The summed E-state index contributed by atoms with van der Waals surface area (Å²) in [6.45, 7) is 10.0. The molecule has 4 heteroatoms. The molecule has 140 valence electrons.